The highest BCUT2D eigenvalue weighted by Crippen LogP contribution is 2.20. The van der Waals surface area contributed by atoms with Gasteiger partial charge in [-0.3, -0.25) is 9.63 Å². The number of hydrogen-bond acceptors (Lipinski definition) is 3. The van der Waals surface area contributed by atoms with E-state index in [1.165, 1.54) is 26.4 Å². The van der Waals surface area contributed by atoms with Crippen LogP contribution in [0.15, 0.2) is 12.3 Å². The fraction of sp³-hybridized carbons (Fsp3) is 0.571. The molecule has 0 fully saturated rings. The number of carbonyl (C=O) groups excluding carboxylic acids is 1. The summed E-state index contributed by atoms with van der Waals surface area (Å²) in [5, 5.41) is 1.48. The topological polar surface area (TPSA) is 42.4 Å². The molecule has 118 valence electrons. The zero-order valence-electron chi connectivity index (χ0n) is 13.6. The Morgan fingerprint density at radius 3 is 1.95 bits per heavy atom. The van der Waals surface area contributed by atoms with Gasteiger partial charge in [-0.2, -0.15) is 0 Å². The van der Waals surface area contributed by atoms with Gasteiger partial charge in [-0.1, -0.05) is 64.7 Å². The van der Waals surface area contributed by atoms with E-state index in [2.05, 4.69) is 4.98 Å². The number of hydrogen-bond donors (Lipinski definition) is 0. The first-order valence-electron chi connectivity index (χ1n) is 6.69. The van der Waals surface area contributed by atoms with Gasteiger partial charge in [0.15, 0.2) is 0 Å². The van der Waals surface area contributed by atoms with Gasteiger partial charge in [-0.05, 0) is 6.07 Å². The molecule has 0 N–H and O–H groups in total. The van der Waals surface area contributed by atoms with E-state index >= 15 is 0 Å². The van der Waals surface area contributed by atoms with Crippen LogP contribution in [0.2, 0.25) is 10.2 Å². The van der Waals surface area contributed by atoms with Gasteiger partial charge in [0.05, 0.1) is 17.7 Å². The van der Waals surface area contributed by atoms with Gasteiger partial charge in [0.25, 0.3) is 5.91 Å². The van der Waals surface area contributed by atoms with E-state index in [9.17, 15) is 4.79 Å². The molecule has 1 aromatic heterocycles. The molecule has 1 heterocycles. The van der Waals surface area contributed by atoms with E-state index in [4.69, 9.17) is 28.0 Å². The van der Waals surface area contributed by atoms with Crippen molar-refractivity contribution in [1.29, 1.82) is 0 Å². The van der Waals surface area contributed by atoms with E-state index in [0.29, 0.717) is 5.56 Å². The van der Waals surface area contributed by atoms with Crippen LogP contribution in [0, 0.1) is 0 Å². The largest absolute Gasteiger partial charge is 0.278 e. The predicted octanol–water partition coefficient (Wildman–Crippen LogP) is 5.10. The molecule has 1 amide bonds. The van der Waals surface area contributed by atoms with Crippen LogP contribution in [-0.2, 0) is 4.84 Å². The van der Waals surface area contributed by atoms with Crippen molar-refractivity contribution in [2.24, 2.45) is 0 Å². The first-order valence-corrected chi connectivity index (χ1v) is 7.45. The lowest BCUT2D eigenvalue weighted by Gasteiger charge is -2.13. The number of nitrogens with zero attached hydrogens (tertiary/aromatic N) is 2. The number of amides is 1. The SMILES string of the molecule is CC.CC.CC.CON(C)C(=O)c1cnc(Cl)c(Cl)c1. The van der Waals surface area contributed by atoms with E-state index in [1.807, 2.05) is 41.5 Å². The summed E-state index contributed by atoms with van der Waals surface area (Å²) >= 11 is 11.3. The first-order chi connectivity index (χ1) is 9.56. The normalized spacial score (nSPS) is 7.90. The molecule has 0 bridgehead atoms. The lowest BCUT2D eigenvalue weighted by atomic mass is 10.3. The van der Waals surface area contributed by atoms with Crippen molar-refractivity contribution in [2.75, 3.05) is 14.2 Å². The highest BCUT2D eigenvalue weighted by atomic mass is 35.5. The van der Waals surface area contributed by atoms with Gasteiger partial charge in [0.1, 0.15) is 5.15 Å². The van der Waals surface area contributed by atoms with Crippen molar-refractivity contribution in [2.45, 2.75) is 41.5 Å². The Kier molecular flexibility index (Phi) is 19.6. The smallest absolute Gasteiger partial charge is 0.274 e. The van der Waals surface area contributed by atoms with Gasteiger partial charge < -0.3 is 0 Å². The number of aromatic nitrogens is 1. The molecule has 0 unspecified atom stereocenters. The Morgan fingerprint density at radius 2 is 1.60 bits per heavy atom. The van der Waals surface area contributed by atoms with Crippen molar-refractivity contribution in [3.8, 4) is 0 Å². The second kappa shape index (κ2) is 16.2. The second-order valence-electron chi connectivity index (χ2n) is 2.48. The van der Waals surface area contributed by atoms with Gasteiger partial charge in [-0.25, -0.2) is 10.0 Å². The Morgan fingerprint density at radius 1 is 1.15 bits per heavy atom. The highest BCUT2D eigenvalue weighted by Gasteiger charge is 2.13. The number of carbonyl (C=O) groups is 1. The summed E-state index contributed by atoms with van der Waals surface area (Å²) in [4.78, 5) is 20.0. The zero-order valence-corrected chi connectivity index (χ0v) is 15.1. The molecule has 1 rings (SSSR count). The third-order valence-corrected chi connectivity index (χ3v) is 2.29. The quantitative estimate of drug-likeness (QED) is 0.561. The van der Waals surface area contributed by atoms with E-state index < -0.39 is 0 Å². The fourth-order valence-corrected chi connectivity index (χ4v) is 1.07. The van der Waals surface area contributed by atoms with Gasteiger partial charge in [-0.15, -0.1) is 0 Å². The number of pyridine rings is 1. The molecule has 20 heavy (non-hydrogen) atoms. The number of rotatable bonds is 2. The van der Waals surface area contributed by atoms with Gasteiger partial charge >= 0.3 is 0 Å². The van der Waals surface area contributed by atoms with Crippen molar-refractivity contribution < 1.29 is 9.63 Å². The Bertz CT molecular complexity index is 361. The van der Waals surface area contributed by atoms with Crippen LogP contribution in [0.1, 0.15) is 51.9 Å². The van der Waals surface area contributed by atoms with Crippen LogP contribution in [0.3, 0.4) is 0 Å². The lowest BCUT2D eigenvalue weighted by molar-refractivity contribution is -0.0757. The molecule has 4 nitrogen and oxygen atoms in total. The second-order valence-corrected chi connectivity index (χ2v) is 3.25. The first kappa shape index (κ1) is 24.2. The van der Waals surface area contributed by atoms with Crippen LogP contribution in [0.25, 0.3) is 0 Å². The molecule has 0 aromatic carbocycles. The van der Waals surface area contributed by atoms with Crippen LogP contribution >= 0.6 is 23.2 Å². The van der Waals surface area contributed by atoms with Crippen LogP contribution < -0.4 is 0 Å². The number of halogens is 2. The molecule has 0 aliphatic rings. The fourth-order valence-electron chi connectivity index (χ4n) is 0.803. The van der Waals surface area contributed by atoms with Crippen molar-refractivity contribution >= 4 is 29.1 Å². The van der Waals surface area contributed by atoms with E-state index in [1.54, 1.807) is 0 Å². The standard InChI is InChI=1S/C8H8Cl2N2O2.3C2H6/c1-12(14-2)8(13)5-3-6(9)7(10)11-4-5;3*1-2/h3-4H,1-2H3;3*1-2H3. The lowest BCUT2D eigenvalue weighted by Crippen LogP contribution is -2.25. The molecule has 0 radical (unpaired) electrons. The molecule has 0 spiro atoms. The minimum absolute atomic E-state index is 0.170. The van der Waals surface area contributed by atoms with E-state index in [0.717, 1.165) is 5.06 Å². The summed E-state index contributed by atoms with van der Waals surface area (Å²) in [5.41, 5.74) is 0.323. The summed E-state index contributed by atoms with van der Waals surface area (Å²) in [6, 6.07) is 1.44. The highest BCUT2D eigenvalue weighted by molar-refractivity contribution is 6.41. The molecule has 6 heteroatoms. The third-order valence-electron chi connectivity index (χ3n) is 1.60. The molecule has 0 aliphatic heterocycles. The molecule has 0 aliphatic carbocycles. The average Bonchev–Trinajstić information content (AvgIpc) is 2.54. The van der Waals surface area contributed by atoms with Gasteiger partial charge in [0, 0.05) is 13.2 Å². The maximum Gasteiger partial charge on any atom is 0.278 e. The summed E-state index contributed by atoms with van der Waals surface area (Å²) in [7, 11) is 2.88. The Balaban J connectivity index is -0.000000425. The molecule has 0 saturated carbocycles. The summed E-state index contributed by atoms with van der Waals surface area (Å²) < 4.78 is 0. The number of hydroxylamine groups is 2. The van der Waals surface area contributed by atoms with Crippen LogP contribution in [-0.4, -0.2) is 30.1 Å². The van der Waals surface area contributed by atoms with Crippen molar-refractivity contribution in [1.82, 2.24) is 10.0 Å². The summed E-state index contributed by atoms with van der Waals surface area (Å²) in [6.45, 7) is 12.0. The van der Waals surface area contributed by atoms with Crippen molar-refractivity contribution in [3.05, 3.63) is 28.0 Å². The predicted molar refractivity (Wildman–Crippen MR) is 87.4 cm³/mol. The average molecular weight is 325 g/mol. The molecular weight excluding hydrogens is 299 g/mol. The minimum atomic E-state index is -0.335. The molecule has 1 aromatic rings. The Hall–Kier alpha value is -0.840. The van der Waals surface area contributed by atoms with Crippen molar-refractivity contribution in [3.63, 3.8) is 0 Å². The van der Waals surface area contributed by atoms with Crippen LogP contribution in [0.4, 0.5) is 0 Å². The monoisotopic (exact) mass is 324 g/mol. The maximum absolute atomic E-state index is 11.5. The third kappa shape index (κ3) is 9.13. The minimum Gasteiger partial charge on any atom is -0.274 e. The van der Waals surface area contributed by atoms with E-state index in [-0.39, 0.29) is 16.1 Å². The van der Waals surface area contributed by atoms with Gasteiger partial charge in [0.2, 0.25) is 0 Å². The Labute approximate surface area is 133 Å². The zero-order chi connectivity index (χ0) is 16.7. The summed E-state index contributed by atoms with van der Waals surface area (Å²) in [6.07, 6.45) is 1.34. The molecular formula is C14H26Cl2N2O2. The summed E-state index contributed by atoms with van der Waals surface area (Å²) in [5.74, 6) is -0.335. The molecule has 0 saturated heterocycles. The van der Waals surface area contributed by atoms with Crippen LogP contribution in [0.5, 0.6) is 0 Å². The maximum atomic E-state index is 11.5. The molecule has 0 atom stereocenters.